The topological polar surface area (TPSA) is 67.8 Å². The molecule has 1 rings (SSSR count). The minimum Gasteiger partial charge on any atom is -0.447 e. The zero-order valence-corrected chi connectivity index (χ0v) is 8.20. The standard InChI is InChI=1S/C9H17NO4/c11-4-6-14-9(12)10-7-8-3-1-2-5-13-8/h8,11H,1-7H2,(H,10,12). The van der Waals surface area contributed by atoms with Gasteiger partial charge < -0.3 is 19.9 Å². The van der Waals surface area contributed by atoms with Crippen LogP contribution >= 0.6 is 0 Å². The van der Waals surface area contributed by atoms with Crippen molar-refractivity contribution >= 4 is 6.09 Å². The largest absolute Gasteiger partial charge is 0.447 e. The maximum atomic E-state index is 10.9. The van der Waals surface area contributed by atoms with Crippen LogP contribution in [0.15, 0.2) is 0 Å². The minimum absolute atomic E-state index is 0.0390. The number of carbonyl (C=O) groups is 1. The SMILES string of the molecule is O=C(NCC1CCCCO1)OCCO. The Morgan fingerprint density at radius 1 is 1.57 bits per heavy atom. The molecule has 2 N–H and O–H groups in total. The van der Waals surface area contributed by atoms with Crippen LogP contribution in [0.5, 0.6) is 0 Å². The van der Waals surface area contributed by atoms with Crippen molar-refractivity contribution in [2.45, 2.75) is 25.4 Å². The second-order valence-corrected chi connectivity index (χ2v) is 3.23. The van der Waals surface area contributed by atoms with Gasteiger partial charge >= 0.3 is 6.09 Å². The molecule has 5 nitrogen and oxygen atoms in total. The third kappa shape index (κ3) is 4.43. The molecule has 0 aromatic heterocycles. The summed E-state index contributed by atoms with van der Waals surface area (Å²) in [5, 5.41) is 11.0. The van der Waals surface area contributed by atoms with Crippen LogP contribution in [0.3, 0.4) is 0 Å². The molecular weight excluding hydrogens is 186 g/mol. The summed E-state index contributed by atoms with van der Waals surface area (Å²) in [5.41, 5.74) is 0. The molecule has 0 aromatic rings. The highest BCUT2D eigenvalue weighted by molar-refractivity contribution is 5.67. The van der Waals surface area contributed by atoms with E-state index in [0.29, 0.717) is 6.54 Å². The van der Waals surface area contributed by atoms with Gasteiger partial charge in [-0.25, -0.2) is 4.79 Å². The van der Waals surface area contributed by atoms with Gasteiger partial charge in [0.05, 0.1) is 12.7 Å². The van der Waals surface area contributed by atoms with Crippen molar-refractivity contribution in [3.63, 3.8) is 0 Å². The highest BCUT2D eigenvalue weighted by Crippen LogP contribution is 2.11. The van der Waals surface area contributed by atoms with Gasteiger partial charge in [-0.05, 0) is 19.3 Å². The normalized spacial score (nSPS) is 21.6. The Labute approximate surface area is 83.4 Å². The summed E-state index contributed by atoms with van der Waals surface area (Å²) in [5.74, 6) is 0. The summed E-state index contributed by atoms with van der Waals surface area (Å²) in [6.45, 7) is 1.16. The fraction of sp³-hybridized carbons (Fsp3) is 0.889. The van der Waals surface area contributed by atoms with E-state index in [-0.39, 0.29) is 19.3 Å². The number of alkyl carbamates (subject to hydrolysis) is 1. The number of rotatable bonds is 4. The fourth-order valence-electron chi connectivity index (χ4n) is 1.35. The predicted octanol–water partition coefficient (Wildman–Crippen LogP) is 0.274. The molecule has 1 unspecified atom stereocenters. The summed E-state index contributed by atoms with van der Waals surface area (Å²) in [4.78, 5) is 10.9. The van der Waals surface area contributed by atoms with Crippen LogP contribution in [-0.4, -0.2) is 43.7 Å². The Hall–Kier alpha value is -0.810. The molecule has 0 radical (unpaired) electrons. The summed E-state index contributed by atoms with van der Waals surface area (Å²) in [6, 6.07) is 0. The van der Waals surface area contributed by atoms with E-state index < -0.39 is 6.09 Å². The van der Waals surface area contributed by atoms with Crippen molar-refractivity contribution in [2.75, 3.05) is 26.4 Å². The van der Waals surface area contributed by atoms with Crippen molar-refractivity contribution in [3.8, 4) is 0 Å². The molecular formula is C9H17NO4. The Balaban J connectivity index is 2.03. The van der Waals surface area contributed by atoms with Crippen LogP contribution in [0.2, 0.25) is 0 Å². The molecule has 1 amide bonds. The molecule has 0 aliphatic carbocycles. The molecule has 1 saturated heterocycles. The van der Waals surface area contributed by atoms with Crippen molar-refractivity contribution in [1.82, 2.24) is 5.32 Å². The second-order valence-electron chi connectivity index (χ2n) is 3.23. The summed E-state index contributed by atoms with van der Waals surface area (Å²) < 4.78 is 10.0. The van der Waals surface area contributed by atoms with Crippen molar-refractivity contribution < 1.29 is 19.4 Å². The molecule has 0 bridgehead atoms. The highest BCUT2D eigenvalue weighted by atomic mass is 16.6. The van der Waals surface area contributed by atoms with Gasteiger partial charge in [0, 0.05) is 13.2 Å². The molecule has 82 valence electrons. The molecule has 5 heteroatoms. The lowest BCUT2D eigenvalue weighted by molar-refractivity contribution is 0.0160. The van der Waals surface area contributed by atoms with E-state index in [4.69, 9.17) is 9.84 Å². The molecule has 14 heavy (non-hydrogen) atoms. The van der Waals surface area contributed by atoms with E-state index in [1.807, 2.05) is 0 Å². The number of ether oxygens (including phenoxy) is 2. The number of carbonyl (C=O) groups excluding carboxylic acids is 1. The van der Waals surface area contributed by atoms with Crippen LogP contribution in [0.1, 0.15) is 19.3 Å². The molecule has 1 fully saturated rings. The van der Waals surface area contributed by atoms with Gasteiger partial charge in [-0.3, -0.25) is 0 Å². The van der Waals surface area contributed by atoms with Gasteiger partial charge in [-0.1, -0.05) is 0 Å². The number of amides is 1. The van der Waals surface area contributed by atoms with E-state index in [0.717, 1.165) is 25.9 Å². The van der Waals surface area contributed by atoms with Gasteiger partial charge in [0.2, 0.25) is 0 Å². The van der Waals surface area contributed by atoms with Crippen LogP contribution in [-0.2, 0) is 9.47 Å². The van der Waals surface area contributed by atoms with Crippen LogP contribution < -0.4 is 5.32 Å². The first-order valence-corrected chi connectivity index (χ1v) is 4.96. The quantitative estimate of drug-likeness (QED) is 0.688. The van der Waals surface area contributed by atoms with Crippen LogP contribution in [0.25, 0.3) is 0 Å². The lowest BCUT2D eigenvalue weighted by Crippen LogP contribution is -2.36. The van der Waals surface area contributed by atoms with Crippen LogP contribution in [0.4, 0.5) is 4.79 Å². The number of hydrogen-bond donors (Lipinski definition) is 2. The molecule has 0 aromatic carbocycles. The summed E-state index contributed by atoms with van der Waals surface area (Å²) in [7, 11) is 0. The fourth-order valence-corrected chi connectivity index (χ4v) is 1.35. The van der Waals surface area contributed by atoms with Gasteiger partial charge in [-0.2, -0.15) is 0 Å². The maximum absolute atomic E-state index is 10.9. The molecule has 0 saturated carbocycles. The summed E-state index contributed by atoms with van der Waals surface area (Å²) in [6.07, 6.45) is 2.86. The van der Waals surface area contributed by atoms with E-state index in [1.54, 1.807) is 0 Å². The average molecular weight is 203 g/mol. The lowest BCUT2D eigenvalue weighted by Gasteiger charge is -2.22. The van der Waals surface area contributed by atoms with Crippen LogP contribution in [0, 0.1) is 0 Å². The van der Waals surface area contributed by atoms with Gasteiger partial charge in [0.15, 0.2) is 0 Å². The number of aliphatic hydroxyl groups excluding tert-OH is 1. The minimum atomic E-state index is -0.492. The number of hydrogen-bond acceptors (Lipinski definition) is 4. The lowest BCUT2D eigenvalue weighted by atomic mass is 10.1. The summed E-state index contributed by atoms with van der Waals surface area (Å²) >= 11 is 0. The van der Waals surface area contributed by atoms with Crippen molar-refractivity contribution in [2.24, 2.45) is 0 Å². The third-order valence-electron chi connectivity index (χ3n) is 2.07. The Kier molecular flexibility index (Phi) is 5.32. The Morgan fingerprint density at radius 3 is 3.07 bits per heavy atom. The molecule has 1 aliphatic rings. The second kappa shape index (κ2) is 6.62. The van der Waals surface area contributed by atoms with E-state index in [9.17, 15) is 4.79 Å². The Morgan fingerprint density at radius 2 is 2.43 bits per heavy atom. The first-order chi connectivity index (χ1) is 6.83. The van der Waals surface area contributed by atoms with E-state index in [2.05, 4.69) is 10.1 Å². The van der Waals surface area contributed by atoms with Crippen molar-refractivity contribution in [3.05, 3.63) is 0 Å². The zero-order chi connectivity index (χ0) is 10.2. The first-order valence-electron chi connectivity index (χ1n) is 4.96. The van der Waals surface area contributed by atoms with E-state index in [1.165, 1.54) is 0 Å². The number of nitrogens with one attached hydrogen (secondary N) is 1. The van der Waals surface area contributed by atoms with Gasteiger partial charge in [0.25, 0.3) is 0 Å². The zero-order valence-electron chi connectivity index (χ0n) is 8.20. The molecule has 1 atom stereocenters. The average Bonchev–Trinajstić information content (AvgIpc) is 2.25. The first kappa shape index (κ1) is 11.3. The smallest absolute Gasteiger partial charge is 0.407 e. The van der Waals surface area contributed by atoms with Gasteiger partial charge in [-0.15, -0.1) is 0 Å². The molecule has 1 aliphatic heterocycles. The monoisotopic (exact) mass is 203 g/mol. The third-order valence-corrected chi connectivity index (χ3v) is 2.07. The van der Waals surface area contributed by atoms with E-state index >= 15 is 0 Å². The molecule has 1 heterocycles. The highest BCUT2D eigenvalue weighted by Gasteiger charge is 2.14. The molecule has 0 spiro atoms. The Bertz CT molecular complexity index is 168. The maximum Gasteiger partial charge on any atom is 0.407 e. The number of aliphatic hydroxyl groups is 1. The van der Waals surface area contributed by atoms with Gasteiger partial charge in [0.1, 0.15) is 6.61 Å². The van der Waals surface area contributed by atoms with Crippen molar-refractivity contribution in [1.29, 1.82) is 0 Å². The predicted molar refractivity (Wildman–Crippen MR) is 50.0 cm³/mol.